The normalized spacial score (nSPS) is 33.0. The molecule has 2 saturated carbocycles. The Morgan fingerprint density at radius 3 is 2.09 bits per heavy atom. The minimum atomic E-state index is -2.35. The van der Waals surface area contributed by atoms with Gasteiger partial charge in [0, 0.05) is 18.2 Å². The van der Waals surface area contributed by atoms with E-state index in [1.165, 1.54) is 12.8 Å². The number of hydrogen-bond donors (Lipinski definition) is 0. The summed E-state index contributed by atoms with van der Waals surface area (Å²) >= 11 is 3.34. The fourth-order valence-electron chi connectivity index (χ4n) is 2.17. The predicted octanol–water partition coefficient (Wildman–Crippen LogP) is 3.21. The van der Waals surface area contributed by atoms with Gasteiger partial charge in [-0.25, -0.2) is 8.78 Å². The molecule has 0 nitrogen and oxygen atoms in total. The molecule has 0 heterocycles. The molecule has 0 N–H and O–H groups in total. The summed E-state index contributed by atoms with van der Waals surface area (Å²) in [5.74, 6) is -1.75. The van der Waals surface area contributed by atoms with Crippen LogP contribution < -0.4 is 0 Å². The Balaban J connectivity index is 2.00. The van der Waals surface area contributed by atoms with E-state index in [0.717, 1.165) is 5.33 Å². The highest BCUT2D eigenvalue weighted by molar-refractivity contribution is 9.09. The van der Waals surface area contributed by atoms with Crippen LogP contribution in [-0.2, 0) is 0 Å². The summed E-state index contributed by atoms with van der Waals surface area (Å²) in [6.07, 6.45) is 2.58. The van der Waals surface area contributed by atoms with Crippen molar-refractivity contribution in [1.29, 1.82) is 0 Å². The first kappa shape index (κ1) is 7.96. The Bertz CT molecular complexity index is 167. The summed E-state index contributed by atoms with van der Waals surface area (Å²) < 4.78 is 25.2. The molecule has 2 fully saturated rings. The monoisotopic (exact) mass is 224 g/mol. The molecular formula is C8H11BrF2. The quantitative estimate of drug-likeness (QED) is 0.633. The molecule has 0 atom stereocenters. The summed E-state index contributed by atoms with van der Waals surface area (Å²) in [5, 5.41) is 0.764. The van der Waals surface area contributed by atoms with Gasteiger partial charge in [0.05, 0.1) is 0 Å². The Hall–Kier alpha value is 0.340. The van der Waals surface area contributed by atoms with Crippen molar-refractivity contribution in [3.63, 3.8) is 0 Å². The van der Waals surface area contributed by atoms with E-state index >= 15 is 0 Å². The molecule has 11 heavy (non-hydrogen) atoms. The molecule has 0 bridgehead atoms. The third-order valence-corrected chi connectivity index (χ3v) is 4.05. The number of alkyl halides is 3. The maximum absolute atomic E-state index is 12.6. The molecule has 2 aliphatic carbocycles. The molecule has 2 rings (SSSR count). The third-order valence-electron chi connectivity index (χ3n) is 2.93. The molecule has 0 radical (unpaired) electrons. The third kappa shape index (κ3) is 1.21. The SMILES string of the molecule is FC1(F)CC(CBr)(C2CC2)C1. The molecule has 3 heteroatoms. The van der Waals surface area contributed by atoms with E-state index in [1.807, 2.05) is 0 Å². The highest BCUT2D eigenvalue weighted by Gasteiger charge is 2.61. The van der Waals surface area contributed by atoms with E-state index in [2.05, 4.69) is 15.9 Å². The second-order valence-electron chi connectivity index (χ2n) is 3.98. The van der Waals surface area contributed by atoms with Gasteiger partial charge in [0.15, 0.2) is 0 Å². The fraction of sp³-hybridized carbons (Fsp3) is 1.00. The van der Waals surface area contributed by atoms with Crippen molar-refractivity contribution in [1.82, 2.24) is 0 Å². The lowest BCUT2D eigenvalue weighted by atomic mass is 9.64. The molecule has 2 aliphatic rings. The molecule has 0 aliphatic heterocycles. The highest BCUT2D eigenvalue weighted by Crippen LogP contribution is 2.63. The van der Waals surface area contributed by atoms with Crippen molar-refractivity contribution in [2.24, 2.45) is 11.3 Å². The average Bonchev–Trinajstić information content (AvgIpc) is 2.62. The van der Waals surface area contributed by atoms with Crippen molar-refractivity contribution < 1.29 is 8.78 Å². The first-order chi connectivity index (χ1) is 5.08. The first-order valence-electron chi connectivity index (χ1n) is 4.02. The van der Waals surface area contributed by atoms with E-state index < -0.39 is 5.92 Å². The van der Waals surface area contributed by atoms with Gasteiger partial charge in [0.25, 0.3) is 0 Å². The minimum absolute atomic E-state index is 0.0243. The Morgan fingerprint density at radius 1 is 1.27 bits per heavy atom. The molecule has 0 aromatic carbocycles. The van der Waals surface area contributed by atoms with Gasteiger partial charge in [0.1, 0.15) is 0 Å². The van der Waals surface area contributed by atoms with E-state index in [0.29, 0.717) is 5.92 Å². The van der Waals surface area contributed by atoms with E-state index in [1.54, 1.807) is 0 Å². The summed E-state index contributed by atoms with van der Waals surface area (Å²) in [6, 6.07) is 0. The maximum atomic E-state index is 12.6. The summed E-state index contributed by atoms with van der Waals surface area (Å²) in [5.41, 5.74) is -0.0243. The van der Waals surface area contributed by atoms with Crippen LogP contribution >= 0.6 is 15.9 Å². The lowest BCUT2D eigenvalue weighted by Crippen LogP contribution is -2.48. The van der Waals surface area contributed by atoms with Gasteiger partial charge in [-0.1, -0.05) is 15.9 Å². The zero-order valence-corrected chi connectivity index (χ0v) is 7.83. The van der Waals surface area contributed by atoms with E-state index in [-0.39, 0.29) is 18.3 Å². The molecule has 0 saturated heterocycles. The van der Waals surface area contributed by atoms with Gasteiger partial charge >= 0.3 is 0 Å². The average molecular weight is 225 g/mol. The van der Waals surface area contributed by atoms with Crippen LogP contribution in [0.3, 0.4) is 0 Å². The van der Waals surface area contributed by atoms with Gasteiger partial charge in [-0.05, 0) is 24.2 Å². The van der Waals surface area contributed by atoms with Crippen molar-refractivity contribution in [3.05, 3.63) is 0 Å². The Labute approximate surface area is 73.5 Å². The van der Waals surface area contributed by atoms with Gasteiger partial charge in [-0.2, -0.15) is 0 Å². The van der Waals surface area contributed by atoms with Gasteiger partial charge in [-0.15, -0.1) is 0 Å². The van der Waals surface area contributed by atoms with Gasteiger partial charge in [-0.3, -0.25) is 0 Å². The van der Waals surface area contributed by atoms with E-state index in [9.17, 15) is 8.78 Å². The summed E-state index contributed by atoms with van der Waals surface area (Å²) in [7, 11) is 0. The van der Waals surface area contributed by atoms with Gasteiger partial charge < -0.3 is 0 Å². The van der Waals surface area contributed by atoms with Crippen LogP contribution in [-0.4, -0.2) is 11.3 Å². The van der Waals surface area contributed by atoms with Crippen molar-refractivity contribution in [3.8, 4) is 0 Å². The van der Waals surface area contributed by atoms with Crippen LogP contribution in [0.1, 0.15) is 25.7 Å². The largest absolute Gasteiger partial charge is 0.249 e. The molecule has 0 spiro atoms. The maximum Gasteiger partial charge on any atom is 0.249 e. The number of halogens is 3. The van der Waals surface area contributed by atoms with Crippen molar-refractivity contribution >= 4 is 15.9 Å². The molecule has 0 amide bonds. The smallest absolute Gasteiger partial charge is 0.207 e. The lowest BCUT2D eigenvalue weighted by Gasteiger charge is -2.47. The molecule has 0 unspecified atom stereocenters. The molecular weight excluding hydrogens is 214 g/mol. The Morgan fingerprint density at radius 2 is 1.82 bits per heavy atom. The lowest BCUT2D eigenvalue weighted by molar-refractivity contribution is -0.159. The number of rotatable bonds is 2. The van der Waals surface area contributed by atoms with Crippen LogP contribution in [0, 0.1) is 11.3 Å². The zero-order valence-electron chi connectivity index (χ0n) is 6.25. The van der Waals surface area contributed by atoms with Crippen LogP contribution in [0.5, 0.6) is 0 Å². The summed E-state index contributed by atoms with van der Waals surface area (Å²) in [6.45, 7) is 0. The number of hydrogen-bond acceptors (Lipinski definition) is 0. The van der Waals surface area contributed by atoms with Crippen LogP contribution in [0.4, 0.5) is 8.78 Å². The second-order valence-corrected chi connectivity index (χ2v) is 4.54. The van der Waals surface area contributed by atoms with Crippen LogP contribution in [0.25, 0.3) is 0 Å². The van der Waals surface area contributed by atoms with Crippen molar-refractivity contribution in [2.45, 2.75) is 31.6 Å². The zero-order chi connectivity index (χ0) is 8.11. The standard InChI is InChI=1S/C8H11BrF2/c9-5-7(6-1-2-6)3-8(10,11)4-7/h6H,1-5H2. The highest BCUT2D eigenvalue weighted by atomic mass is 79.9. The molecule has 0 aromatic rings. The van der Waals surface area contributed by atoms with E-state index in [4.69, 9.17) is 0 Å². The first-order valence-corrected chi connectivity index (χ1v) is 5.14. The fourth-order valence-corrected chi connectivity index (χ4v) is 3.02. The minimum Gasteiger partial charge on any atom is -0.207 e. The predicted molar refractivity (Wildman–Crippen MR) is 43.1 cm³/mol. The summed E-state index contributed by atoms with van der Waals surface area (Å²) in [4.78, 5) is 0. The van der Waals surface area contributed by atoms with Crippen LogP contribution in [0.15, 0.2) is 0 Å². The Kier molecular flexibility index (Phi) is 1.58. The topological polar surface area (TPSA) is 0 Å². The van der Waals surface area contributed by atoms with Crippen LogP contribution in [0.2, 0.25) is 0 Å². The van der Waals surface area contributed by atoms with Crippen molar-refractivity contribution in [2.75, 3.05) is 5.33 Å². The molecule has 0 aromatic heterocycles. The van der Waals surface area contributed by atoms with Gasteiger partial charge in [0.2, 0.25) is 5.92 Å². The molecule has 64 valence electrons. The second kappa shape index (κ2) is 2.18.